The molecule has 2 aliphatic heterocycles. The molecule has 0 bridgehead atoms. The number of alkyl halides is 1. The van der Waals surface area contributed by atoms with E-state index in [2.05, 4.69) is 20.8 Å². The number of pyridine rings is 1. The summed E-state index contributed by atoms with van der Waals surface area (Å²) in [6.07, 6.45) is 15.7. The Labute approximate surface area is 270 Å². The van der Waals surface area contributed by atoms with Crippen LogP contribution in [0.25, 0.3) is 32.9 Å². The van der Waals surface area contributed by atoms with Gasteiger partial charge in [-0.3, -0.25) is 0 Å². The molecular weight excluding hydrogens is 607 g/mol. The predicted octanol–water partition coefficient (Wildman–Crippen LogP) is 6.34. The van der Waals surface area contributed by atoms with Crippen molar-refractivity contribution in [3.8, 4) is 41.2 Å². The number of likely N-dealkylation sites (tertiary alicyclic amines) is 1. The number of nitrogens with zero attached hydrogens (tertiary/aromatic N) is 5. The minimum Gasteiger partial charge on any atom is -0.508 e. The zero-order valence-electron chi connectivity index (χ0n) is 26.0. The fraction of sp³-hybridized carbons (Fsp3) is 0.361. The number of allylic oxidation sites excluding steroid dienone is 2. The molecule has 1 aliphatic carbocycles. The highest BCUT2D eigenvalue weighted by atomic mass is 19.1. The Morgan fingerprint density at radius 2 is 1.79 bits per heavy atom. The predicted molar refractivity (Wildman–Crippen MR) is 175 cm³/mol. The molecule has 11 heteroatoms. The highest BCUT2D eigenvalue weighted by molar-refractivity contribution is 6.04. The normalized spacial score (nSPS) is 18.0. The van der Waals surface area contributed by atoms with Gasteiger partial charge in [-0.25, -0.2) is 18.2 Å². The van der Waals surface area contributed by atoms with E-state index in [1.807, 2.05) is 29.2 Å². The maximum Gasteiger partial charge on any atom is 0.319 e. The number of methoxy groups -OCH3 is 1. The summed E-state index contributed by atoms with van der Waals surface area (Å²) in [6, 6.07) is 5.38. The van der Waals surface area contributed by atoms with Crippen LogP contribution >= 0.6 is 0 Å². The van der Waals surface area contributed by atoms with Gasteiger partial charge in [0.05, 0.1) is 19.3 Å². The molecule has 3 aliphatic rings. The van der Waals surface area contributed by atoms with Crippen molar-refractivity contribution in [2.24, 2.45) is 5.41 Å². The van der Waals surface area contributed by atoms with Gasteiger partial charge < -0.3 is 24.4 Å². The maximum atomic E-state index is 16.9. The van der Waals surface area contributed by atoms with Gasteiger partial charge in [0, 0.05) is 49.1 Å². The number of benzene rings is 2. The van der Waals surface area contributed by atoms with Crippen molar-refractivity contribution in [3.05, 3.63) is 65.8 Å². The van der Waals surface area contributed by atoms with Crippen LogP contribution < -0.4 is 14.4 Å². The van der Waals surface area contributed by atoms with Gasteiger partial charge in [-0.2, -0.15) is 9.97 Å². The first-order valence-electron chi connectivity index (χ1n) is 15.7. The summed E-state index contributed by atoms with van der Waals surface area (Å²) in [5, 5.41) is 11.5. The number of phenols is 1. The first-order valence-corrected chi connectivity index (χ1v) is 15.7. The molecule has 4 heterocycles. The van der Waals surface area contributed by atoms with E-state index in [1.165, 1.54) is 31.4 Å². The summed E-state index contributed by atoms with van der Waals surface area (Å²) >= 11 is 0. The van der Waals surface area contributed by atoms with Gasteiger partial charge in [0.15, 0.2) is 5.82 Å². The second-order valence-corrected chi connectivity index (χ2v) is 12.5. The van der Waals surface area contributed by atoms with Crippen LogP contribution in [0.1, 0.15) is 31.2 Å². The maximum absolute atomic E-state index is 16.9. The highest BCUT2D eigenvalue weighted by Crippen LogP contribution is 2.47. The van der Waals surface area contributed by atoms with Gasteiger partial charge in [0.25, 0.3) is 0 Å². The molecule has 2 fully saturated rings. The monoisotopic (exact) mass is 641 g/mol. The van der Waals surface area contributed by atoms with Crippen molar-refractivity contribution in [2.75, 3.05) is 51.3 Å². The molecule has 242 valence electrons. The van der Waals surface area contributed by atoms with Crippen molar-refractivity contribution >= 4 is 27.5 Å². The van der Waals surface area contributed by atoms with E-state index in [0.717, 1.165) is 19.4 Å². The first kappa shape index (κ1) is 30.8. The van der Waals surface area contributed by atoms with Crippen LogP contribution in [0.2, 0.25) is 0 Å². The number of phenolic OH excluding ortho intramolecular Hbond substituents is 1. The third-order valence-corrected chi connectivity index (χ3v) is 9.23. The number of aromatic nitrogens is 3. The lowest BCUT2D eigenvalue weighted by molar-refractivity contribution is 0.107. The zero-order valence-corrected chi connectivity index (χ0v) is 26.0. The molecule has 8 nitrogen and oxygen atoms in total. The van der Waals surface area contributed by atoms with Crippen LogP contribution in [0.3, 0.4) is 0 Å². The summed E-state index contributed by atoms with van der Waals surface area (Å²) in [7, 11) is 1.41. The summed E-state index contributed by atoms with van der Waals surface area (Å²) in [5.74, 6) is 1.11. The topological polar surface area (TPSA) is 83.8 Å². The molecule has 0 unspecified atom stereocenters. The molecule has 2 aromatic heterocycles. The summed E-state index contributed by atoms with van der Waals surface area (Å²) in [5.41, 5.74) is -0.431. The number of aromatic hydroxyl groups is 1. The Morgan fingerprint density at radius 3 is 2.47 bits per heavy atom. The van der Waals surface area contributed by atoms with E-state index in [1.54, 1.807) is 0 Å². The van der Waals surface area contributed by atoms with E-state index in [-0.39, 0.29) is 56.2 Å². The van der Waals surface area contributed by atoms with Crippen molar-refractivity contribution in [1.29, 1.82) is 0 Å². The average molecular weight is 642 g/mol. The van der Waals surface area contributed by atoms with Crippen molar-refractivity contribution in [2.45, 2.75) is 31.9 Å². The quantitative estimate of drug-likeness (QED) is 0.223. The minimum absolute atomic E-state index is 0.00678. The average Bonchev–Trinajstić information content (AvgIpc) is 3.89. The van der Waals surface area contributed by atoms with Crippen LogP contribution in [-0.4, -0.2) is 77.6 Å². The zero-order chi connectivity index (χ0) is 32.7. The van der Waals surface area contributed by atoms with E-state index in [0.29, 0.717) is 56.8 Å². The Balaban J connectivity index is 1.36. The van der Waals surface area contributed by atoms with Crippen molar-refractivity contribution in [3.63, 3.8) is 0 Å². The molecule has 1 saturated heterocycles. The summed E-state index contributed by atoms with van der Waals surface area (Å²) in [4.78, 5) is 18.1. The molecule has 1 saturated carbocycles. The Morgan fingerprint density at radius 1 is 1.04 bits per heavy atom. The Bertz CT molecular complexity index is 1950. The largest absolute Gasteiger partial charge is 0.508 e. The highest BCUT2D eigenvalue weighted by Gasteiger charge is 2.45. The molecule has 1 N–H and O–H groups in total. The number of hydrogen-bond donors (Lipinski definition) is 1. The molecule has 47 heavy (non-hydrogen) atoms. The van der Waals surface area contributed by atoms with Gasteiger partial charge in [-0.15, -0.1) is 6.42 Å². The number of rotatable bonds is 8. The fourth-order valence-electron chi connectivity index (χ4n) is 6.53. The van der Waals surface area contributed by atoms with Crippen LogP contribution in [0.15, 0.2) is 48.6 Å². The smallest absolute Gasteiger partial charge is 0.319 e. The number of hydrogen-bond acceptors (Lipinski definition) is 8. The lowest BCUT2D eigenvalue weighted by atomic mass is 9.95. The number of piperidine rings is 1. The second kappa shape index (κ2) is 12.4. The Hall–Kier alpha value is -4.82. The van der Waals surface area contributed by atoms with Gasteiger partial charge in [-0.1, -0.05) is 36.3 Å². The van der Waals surface area contributed by atoms with Crippen LogP contribution in [0.4, 0.5) is 19.0 Å². The van der Waals surface area contributed by atoms with Crippen molar-refractivity contribution in [1.82, 2.24) is 19.9 Å². The number of ether oxygens (including phenoxy) is 2. The SMILES string of the molecule is C#Cc1c(F)ccc2cc(O)cc(-c3nc(OC)c4c(N5CC=CC=CC5)nc(OCC5(CN6CCC(F)CC6)CC5)nc4c3F)c12. The number of fused-ring (bicyclic) bond motifs is 2. The third kappa shape index (κ3) is 5.94. The lowest BCUT2D eigenvalue weighted by Crippen LogP contribution is -2.39. The van der Waals surface area contributed by atoms with Crippen LogP contribution in [-0.2, 0) is 0 Å². The third-order valence-electron chi connectivity index (χ3n) is 9.23. The van der Waals surface area contributed by atoms with E-state index < -0.39 is 17.8 Å². The van der Waals surface area contributed by atoms with Crippen LogP contribution in [0, 0.1) is 29.4 Å². The molecule has 7 rings (SSSR count). The number of anilines is 1. The van der Waals surface area contributed by atoms with Crippen molar-refractivity contribution < 1.29 is 27.8 Å². The second-order valence-electron chi connectivity index (χ2n) is 12.5. The first-order chi connectivity index (χ1) is 22.8. The molecule has 2 aromatic carbocycles. The molecule has 0 atom stereocenters. The van der Waals surface area contributed by atoms with E-state index in [9.17, 15) is 13.9 Å². The van der Waals surface area contributed by atoms with Crippen LogP contribution in [0.5, 0.6) is 17.6 Å². The molecule has 0 radical (unpaired) electrons. The summed E-state index contributed by atoms with van der Waals surface area (Å²) in [6.45, 7) is 3.49. The van der Waals surface area contributed by atoms with Gasteiger partial charge in [0.2, 0.25) is 5.88 Å². The number of halogens is 3. The fourth-order valence-corrected chi connectivity index (χ4v) is 6.53. The molecule has 4 aromatic rings. The standard InChI is InChI=1S/C36H34F3N5O3/c1-3-25-27(38)9-8-22-18-24(45)19-26(28(22)25)31-30(39)32-29(34(40-31)46-2)33(44-14-6-4-5-7-15-44)42-35(41-32)47-21-36(12-13-36)20-43-16-10-23(37)11-17-43/h1,4-9,18-19,23,45H,10-17,20-21H2,2H3. The lowest BCUT2D eigenvalue weighted by Gasteiger charge is -2.31. The van der Waals surface area contributed by atoms with Gasteiger partial charge in [-0.05, 0) is 49.3 Å². The molecule has 0 amide bonds. The molecular formula is C36H34F3N5O3. The number of terminal acetylenes is 1. The van der Waals surface area contributed by atoms with Gasteiger partial charge >= 0.3 is 6.01 Å². The summed E-state index contributed by atoms with van der Waals surface area (Å²) < 4.78 is 57.5. The van der Waals surface area contributed by atoms with E-state index >= 15 is 4.39 Å². The van der Waals surface area contributed by atoms with E-state index in [4.69, 9.17) is 20.9 Å². The molecule has 0 spiro atoms. The minimum atomic E-state index is -0.829. The Kier molecular flexibility index (Phi) is 8.14. The van der Waals surface area contributed by atoms with Gasteiger partial charge in [0.1, 0.15) is 40.2 Å².